The van der Waals surface area contributed by atoms with Gasteiger partial charge in [0, 0.05) is 18.2 Å². The van der Waals surface area contributed by atoms with E-state index in [1.165, 1.54) is 37.4 Å². The standard InChI is InChI=1S/C26H15F5O/c1-32-14-16-4-6-20(22(27)9-16)19-12-23(28)21(24(29)13-19)7-3-15-2-5-17-10-25(30)26(31)11-18(17)8-15/h2,4-6,8-13H,14H2,1H3. The van der Waals surface area contributed by atoms with Crippen molar-refractivity contribution in [2.24, 2.45) is 0 Å². The lowest BCUT2D eigenvalue weighted by Crippen LogP contribution is -1.95. The maximum Gasteiger partial charge on any atom is 0.159 e. The molecule has 1 nitrogen and oxygen atoms in total. The van der Waals surface area contributed by atoms with E-state index in [4.69, 9.17) is 4.74 Å². The van der Waals surface area contributed by atoms with Crippen LogP contribution in [0.3, 0.4) is 0 Å². The van der Waals surface area contributed by atoms with Crippen molar-refractivity contribution < 1.29 is 26.7 Å². The summed E-state index contributed by atoms with van der Waals surface area (Å²) in [7, 11) is 1.48. The van der Waals surface area contributed by atoms with Gasteiger partial charge in [-0.1, -0.05) is 30.0 Å². The molecule has 6 heteroatoms. The zero-order valence-corrected chi connectivity index (χ0v) is 16.8. The van der Waals surface area contributed by atoms with Gasteiger partial charge in [-0.25, -0.2) is 22.0 Å². The summed E-state index contributed by atoms with van der Waals surface area (Å²) in [5.74, 6) is 0.573. The first kappa shape index (κ1) is 21.5. The zero-order chi connectivity index (χ0) is 22.8. The van der Waals surface area contributed by atoms with E-state index in [1.54, 1.807) is 6.07 Å². The lowest BCUT2D eigenvalue weighted by atomic mass is 10.0. The number of hydrogen-bond donors (Lipinski definition) is 0. The molecule has 0 unspecified atom stereocenters. The fourth-order valence-corrected chi connectivity index (χ4v) is 3.35. The summed E-state index contributed by atoms with van der Waals surface area (Å²) in [6.45, 7) is 0.213. The number of benzene rings is 4. The monoisotopic (exact) mass is 438 g/mol. The molecule has 32 heavy (non-hydrogen) atoms. The number of fused-ring (bicyclic) bond motifs is 1. The second-order valence-corrected chi connectivity index (χ2v) is 7.14. The fraction of sp³-hybridized carbons (Fsp3) is 0.0769. The van der Waals surface area contributed by atoms with Gasteiger partial charge >= 0.3 is 0 Å². The SMILES string of the molecule is COCc1ccc(-c2cc(F)c(C#Cc3ccc4cc(F)c(F)cc4c3)c(F)c2)c(F)c1. The summed E-state index contributed by atoms with van der Waals surface area (Å²) >= 11 is 0. The van der Waals surface area contributed by atoms with Crippen molar-refractivity contribution in [3.05, 3.63) is 106 Å². The van der Waals surface area contributed by atoms with E-state index < -0.39 is 34.6 Å². The van der Waals surface area contributed by atoms with Gasteiger partial charge in [0.2, 0.25) is 0 Å². The molecular weight excluding hydrogens is 423 g/mol. The highest BCUT2D eigenvalue weighted by Crippen LogP contribution is 2.27. The Kier molecular flexibility index (Phi) is 5.93. The molecule has 0 aliphatic carbocycles. The number of ether oxygens (including phenoxy) is 1. The first-order valence-electron chi connectivity index (χ1n) is 9.53. The molecule has 0 saturated carbocycles. The molecular formula is C26H15F5O. The van der Waals surface area contributed by atoms with Gasteiger partial charge in [-0.3, -0.25) is 0 Å². The summed E-state index contributed by atoms with van der Waals surface area (Å²) in [5, 5.41) is 0.870. The normalized spacial score (nSPS) is 10.8. The molecule has 0 heterocycles. The predicted octanol–water partition coefficient (Wildman–Crippen LogP) is 6.75. The molecule has 160 valence electrons. The zero-order valence-electron chi connectivity index (χ0n) is 16.8. The molecule has 0 aliphatic rings. The lowest BCUT2D eigenvalue weighted by Gasteiger charge is -2.08. The minimum atomic E-state index is -1.00. The summed E-state index contributed by atoms with van der Waals surface area (Å²) in [6, 6.07) is 13.0. The molecule has 4 rings (SSSR count). The Hall–Kier alpha value is -3.69. The fourth-order valence-electron chi connectivity index (χ4n) is 3.35. The highest BCUT2D eigenvalue weighted by Gasteiger charge is 2.14. The Labute approximate surface area is 181 Å². The van der Waals surface area contributed by atoms with E-state index in [1.807, 2.05) is 0 Å². The van der Waals surface area contributed by atoms with Gasteiger partial charge in [0.05, 0.1) is 12.2 Å². The van der Waals surface area contributed by atoms with Crippen LogP contribution in [-0.2, 0) is 11.3 Å². The van der Waals surface area contributed by atoms with Crippen LogP contribution in [0.1, 0.15) is 16.7 Å². The minimum Gasteiger partial charge on any atom is -0.380 e. The Morgan fingerprint density at radius 2 is 1.34 bits per heavy atom. The van der Waals surface area contributed by atoms with Crippen molar-refractivity contribution in [1.29, 1.82) is 0 Å². The minimum absolute atomic E-state index is 0.0372. The first-order chi connectivity index (χ1) is 15.4. The molecule has 0 radical (unpaired) electrons. The number of rotatable bonds is 3. The molecule has 0 amide bonds. The van der Waals surface area contributed by atoms with Crippen LogP contribution in [0.25, 0.3) is 21.9 Å². The molecule has 4 aromatic rings. The summed E-state index contributed by atoms with van der Waals surface area (Å²) < 4.78 is 75.3. The Balaban J connectivity index is 1.68. The summed E-state index contributed by atoms with van der Waals surface area (Å²) in [5.41, 5.74) is 0.568. The van der Waals surface area contributed by atoms with Crippen LogP contribution in [-0.4, -0.2) is 7.11 Å². The lowest BCUT2D eigenvalue weighted by molar-refractivity contribution is 0.184. The summed E-state index contributed by atoms with van der Waals surface area (Å²) in [4.78, 5) is 0. The van der Waals surface area contributed by atoms with Gasteiger partial charge < -0.3 is 4.74 Å². The molecule has 0 bridgehead atoms. The first-order valence-corrected chi connectivity index (χ1v) is 9.53. The van der Waals surface area contributed by atoms with E-state index >= 15 is 0 Å². The van der Waals surface area contributed by atoms with Gasteiger partial charge in [0.1, 0.15) is 17.5 Å². The van der Waals surface area contributed by atoms with Crippen LogP contribution >= 0.6 is 0 Å². The molecule has 0 saturated heterocycles. The molecule has 0 atom stereocenters. The third kappa shape index (κ3) is 4.34. The average Bonchev–Trinajstić information content (AvgIpc) is 2.74. The van der Waals surface area contributed by atoms with Gasteiger partial charge in [-0.15, -0.1) is 0 Å². The van der Waals surface area contributed by atoms with E-state index in [0.717, 1.165) is 24.3 Å². The van der Waals surface area contributed by atoms with Crippen LogP contribution < -0.4 is 0 Å². The van der Waals surface area contributed by atoms with Crippen molar-refractivity contribution in [2.75, 3.05) is 7.11 Å². The maximum atomic E-state index is 14.6. The highest BCUT2D eigenvalue weighted by atomic mass is 19.2. The van der Waals surface area contributed by atoms with Crippen molar-refractivity contribution in [3.8, 4) is 23.0 Å². The van der Waals surface area contributed by atoms with Gasteiger partial charge in [-0.05, 0) is 64.4 Å². The summed E-state index contributed by atoms with van der Waals surface area (Å²) in [6.07, 6.45) is 0. The number of methoxy groups -OCH3 is 1. The number of halogens is 5. The Morgan fingerprint density at radius 1 is 0.656 bits per heavy atom. The van der Waals surface area contributed by atoms with Gasteiger partial charge in [-0.2, -0.15) is 0 Å². The van der Waals surface area contributed by atoms with E-state index in [2.05, 4.69) is 11.8 Å². The van der Waals surface area contributed by atoms with E-state index in [0.29, 0.717) is 21.9 Å². The maximum absolute atomic E-state index is 14.6. The molecule has 0 spiro atoms. The van der Waals surface area contributed by atoms with Gasteiger partial charge in [0.15, 0.2) is 11.6 Å². The van der Waals surface area contributed by atoms with Gasteiger partial charge in [0.25, 0.3) is 0 Å². The smallest absolute Gasteiger partial charge is 0.159 e. The van der Waals surface area contributed by atoms with E-state index in [-0.39, 0.29) is 17.7 Å². The molecule has 0 fully saturated rings. The van der Waals surface area contributed by atoms with Crippen molar-refractivity contribution in [2.45, 2.75) is 6.61 Å². The van der Waals surface area contributed by atoms with E-state index in [9.17, 15) is 22.0 Å². The Bertz CT molecular complexity index is 1380. The van der Waals surface area contributed by atoms with Crippen molar-refractivity contribution in [3.63, 3.8) is 0 Å². The quantitative estimate of drug-likeness (QED) is 0.254. The predicted molar refractivity (Wildman–Crippen MR) is 112 cm³/mol. The molecule has 4 aromatic carbocycles. The van der Waals surface area contributed by atoms with Crippen molar-refractivity contribution >= 4 is 10.8 Å². The van der Waals surface area contributed by atoms with Crippen LogP contribution in [0.5, 0.6) is 0 Å². The van der Waals surface area contributed by atoms with Crippen LogP contribution in [0.2, 0.25) is 0 Å². The molecule has 0 aromatic heterocycles. The topological polar surface area (TPSA) is 9.23 Å². The van der Waals surface area contributed by atoms with Crippen LogP contribution in [0.15, 0.2) is 60.7 Å². The third-order valence-electron chi connectivity index (χ3n) is 4.91. The number of hydrogen-bond acceptors (Lipinski definition) is 1. The largest absolute Gasteiger partial charge is 0.380 e. The van der Waals surface area contributed by atoms with Crippen LogP contribution in [0.4, 0.5) is 22.0 Å². The van der Waals surface area contributed by atoms with Crippen LogP contribution in [0, 0.1) is 40.9 Å². The highest BCUT2D eigenvalue weighted by molar-refractivity contribution is 5.84. The second-order valence-electron chi connectivity index (χ2n) is 7.14. The third-order valence-corrected chi connectivity index (χ3v) is 4.91. The second kappa shape index (κ2) is 8.81. The molecule has 0 aliphatic heterocycles. The average molecular weight is 438 g/mol. The molecule has 0 N–H and O–H groups in total. The van der Waals surface area contributed by atoms with Crippen molar-refractivity contribution in [1.82, 2.24) is 0 Å². The Morgan fingerprint density at radius 3 is 2.00 bits per heavy atom.